The van der Waals surface area contributed by atoms with E-state index in [1.807, 2.05) is 0 Å². The maximum Gasteiger partial charge on any atom is 0.297 e. The van der Waals surface area contributed by atoms with Gasteiger partial charge < -0.3 is 0 Å². The van der Waals surface area contributed by atoms with Gasteiger partial charge in [0.25, 0.3) is 15.8 Å². The molecule has 1 aromatic carbocycles. The first kappa shape index (κ1) is 16.3. The number of ketones is 1. The Balaban J connectivity index is 2.98. The summed E-state index contributed by atoms with van der Waals surface area (Å²) in [6.07, 6.45) is -0.137. The zero-order valence-corrected chi connectivity index (χ0v) is 11.9. The van der Waals surface area contributed by atoms with Gasteiger partial charge in [0.1, 0.15) is 6.10 Å². The minimum atomic E-state index is -4.11. The SMILES string of the molecule is CCCC(OS(=O)(=O)c1ccc([N+](=O)[O-])cc1)C(C)=O. The second-order valence-electron chi connectivity index (χ2n) is 4.19. The van der Waals surface area contributed by atoms with Crippen LogP contribution >= 0.6 is 0 Å². The van der Waals surface area contributed by atoms with Crippen molar-refractivity contribution in [1.29, 1.82) is 0 Å². The van der Waals surface area contributed by atoms with E-state index in [1.54, 1.807) is 6.92 Å². The second-order valence-corrected chi connectivity index (χ2v) is 5.76. The molecule has 1 unspecified atom stereocenters. The van der Waals surface area contributed by atoms with Gasteiger partial charge in [0.05, 0.1) is 9.82 Å². The summed E-state index contributed by atoms with van der Waals surface area (Å²) in [7, 11) is -4.11. The lowest BCUT2D eigenvalue weighted by molar-refractivity contribution is -0.384. The number of nitro groups is 1. The molecule has 7 nitrogen and oxygen atoms in total. The van der Waals surface area contributed by atoms with Crippen LogP contribution in [0.3, 0.4) is 0 Å². The van der Waals surface area contributed by atoms with Crippen molar-refractivity contribution >= 4 is 21.6 Å². The summed E-state index contributed by atoms with van der Waals surface area (Å²) in [6.45, 7) is 3.06. The molecular formula is C12H15NO6S. The standard InChI is InChI=1S/C12H15NO6S/c1-3-4-12(9(2)14)19-20(17,18)11-7-5-10(6-8-11)13(15)16/h5-8,12H,3-4H2,1-2H3. The summed E-state index contributed by atoms with van der Waals surface area (Å²) < 4.78 is 28.8. The Morgan fingerprint density at radius 1 is 1.35 bits per heavy atom. The predicted octanol–water partition coefficient (Wildman–Crippen LogP) is 2.06. The van der Waals surface area contributed by atoms with E-state index in [0.29, 0.717) is 12.8 Å². The molecule has 0 fully saturated rings. The number of rotatable bonds is 7. The quantitative estimate of drug-likeness (QED) is 0.434. The molecule has 1 aromatic rings. The van der Waals surface area contributed by atoms with Crippen LogP contribution in [-0.2, 0) is 19.1 Å². The summed E-state index contributed by atoms with van der Waals surface area (Å²) in [4.78, 5) is 21.0. The number of nitrogens with zero attached hydrogens (tertiary/aromatic N) is 1. The van der Waals surface area contributed by atoms with Crippen molar-refractivity contribution in [3.63, 3.8) is 0 Å². The third-order valence-electron chi connectivity index (χ3n) is 2.58. The van der Waals surface area contributed by atoms with E-state index >= 15 is 0 Å². The Bertz CT molecular complexity index is 593. The highest BCUT2D eigenvalue weighted by molar-refractivity contribution is 7.86. The first-order valence-electron chi connectivity index (χ1n) is 5.96. The maximum atomic E-state index is 12.0. The lowest BCUT2D eigenvalue weighted by atomic mass is 10.1. The molecule has 0 saturated heterocycles. The number of benzene rings is 1. The Morgan fingerprint density at radius 3 is 2.30 bits per heavy atom. The number of non-ortho nitro benzene ring substituents is 1. The zero-order chi connectivity index (χ0) is 15.3. The number of nitro benzene ring substituents is 1. The number of carbonyl (C=O) groups excluding carboxylic acids is 1. The van der Waals surface area contributed by atoms with Gasteiger partial charge in [-0.1, -0.05) is 13.3 Å². The molecule has 0 bridgehead atoms. The Kier molecular flexibility index (Phi) is 5.34. The van der Waals surface area contributed by atoms with Crippen molar-refractivity contribution < 1.29 is 22.3 Å². The Labute approximate surface area is 116 Å². The molecule has 0 aliphatic heterocycles. The molecule has 0 aliphatic rings. The monoisotopic (exact) mass is 301 g/mol. The van der Waals surface area contributed by atoms with E-state index in [2.05, 4.69) is 0 Å². The van der Waals surface area contributed by atoms with Gasteiger partial charge in [0.15, 0.2) is 5.78 Å². The van der Waals surface area contributed by atoms with Crippen LogP contribution in [0.5, 0.6) is 0 Å². The highest BCUT2D eigenvalue weighted by atomic mass is 32.2. The van der Waals surface area contributed by atoms with Gasteiger partial charge in [-0.3, -0.25) is 19.1 Å². The summed E-state index contributed by atoms with van der Waals surface area (Å²) >= 11 is 0. The third kappa shape index (κ3) is 4.10. The predicted molar refractivity (Wildman–Crippen MR) is 70.7 cm³/mol. The van der Waals surface area contributed by atoms with Gasteiger partial charge >= 0.3 is 0 Å². The molecule has 0 radical (unpaired) electrons. The first-order chi connectivity index (χ1) is 9.27. The fourth-order valence-electron chi connectivity index (χ4n) is 1.52. The highest BCUT2D eigenvalue weighted by Gasteiger charge is 2.24. The van der Waals surface area contributed by atoms with Crippen LogP contribution in [0.25, 0.3) is 0 Å². The van der Waals surface area contributed by atoms with Gasteiger partial charge in [0.2, 0.25) is 0 Å². The third-order valence-corrected chi connectivity index (χ3v) is 3.92. The molecule has 1 atom stereocenters. The van der Waals surface area contributed by atoms with E-state index in [1.165, 1.54) is 6.92 Å². The van der Waals surface area contributed by atoms with Crippen LogP contribution in [0.15, 0.2) is 29.2 Å². The van der Waals surface area contributed by atoms with Crippen LogP contribution in [-0.4, -0.2) is 25.2 Å². The topological polar surface area (TPSA) is 104 Å². The summed E-state index contributed by atoms with van der Waals surface area (Å²) in [5.74, 6) is -0.377. The van der Waals surface area contributed by atoms with E-state index in [-0.39, 0.29) is 16.4 Å². The Morgan fingerprint density at radius 2 is 1.90 bits per heavy atom. The number of hydrogen-bond acceptors (Lipinski definition) is 6. The molecule has 0 amide bonds. The summed E-state index contributed by atoms with van der Waals surface area (Å²) in [6, 6.07) is 4.30. The lowest BCUT2D eigenvalue weighted by Gasteiger charge is -2.13. The molecule has 0 spiro atoms. The molecule has 0 saturated carbocycles. The molecule has 1 rings (SSSR count). The summed E-state index contributed by atoms with van der Waals surface area (Å²) in [5.41, 5.74) is -0.222. The van der Waals surface area contributed by atoms with E-state index in [0.717, 1.165) is 24.3 Å². The van der Waals surface area contributed by atoms with Gasteiger partial charge in [-0.15, -0.1) is 0 Å². The van der Waals surface area contributed by atoms with Gasteiger partial charge in [-0.25, -0.2) is 0 Å². The Hall–Kier alpha value is -1.80. The molecular weight excluding hydrogens is 286 g/mol. The number of carbonyl (C=O) groups is 1. The average Bonchev–Trinajstić information content (AvgIpc) is 2.38. The zero-order valence-electron chi connectivity index (χ0n) is 11.1. The molecule has 0 aliphatic carbocycles. The smallest absolute Gasteiger partial charge is 0.297 e. The highest BCUT2D eigenvalue weighted by Crippen LogP contribution is 2.20. The van der Waals surface area contributed by atoms with Crippen molar-refractivity contribution in [3.05, 3.63) is 34.4 Å². The van der Waals surface area contributed by atoms with Crippen molar-refractivity contribution in [1.82, 2.24) is 0 Å². The van der Waals surface area contributed by atoms with Gasteiger partial charge in [0, 0.05) is 12.1 Å². The first-order valence-corrected chi connectivity index (χ1v) is 7.37. The normalized spacial score (nSPS) is 12.9. The minimum Gasteiger partial charge on any atom is -0.297 e. The fraction of sp³-hybridized carbons (Fsp3) is 0.417. The van der Waals surface area contributed by atoms with Crippen molar-refractivity contribution in [2.45, 2.75) is 37.7 Å². The molecule has 0 heterocycles. The fourth-order valence-corrected chi connectivity index (χ4v) is 2.64. The second kappa shape index (κ2) is 6.58. The molecule has 20 heavy (non-hydrogen) atoms. The lowest BCUT2D eigenvalue weighted by Crippen LogP contribution is -2.25. The minimum absolute atomic E-state index is 0.217. The van der Waals surface area contributed by atoms with Crippen molar-refractivity contribution in [2.75, 3.05) is 0 Å². The number of hydrogen-bond donors (Lipinski definition) is 0. The summed E-state index contributed by atoms with van der Waals surface area (Å²) in [5, 5.41) is 10.5. The number of Topliss-reactive ketones (excluding diaryl/α,β-unsaturated/α-hetero) is 1. The van der Waals surface area contributed by atoms with Crippen LogP contribution in [0.2, 0.25) is 0 Å². The van der Waals surface area contributed by atoms with Gasteiger partial charge in [-0.2, -0.15) is 8.42 Å². The molecule has 0 N–H and O–H groups in total. The van der Waals surface area contributed by atoms with Crippen LogP contribution in [0, 0.1) is 10.1 Å². The maximum absolute atomic E-state index is 12.0. The molecule has 0 aromatic heterocycles. The largest absolute Gasteiger partial charge is 0.297 e. The van der Waals surface area contributed by atoms with Crippen LogP contribution < -0.4 is 0 Å². The van der Waals surface area contributed by atoms with Crippen LogP contribution in [0.1, 0.15) is 26.7 Å². The van der Waals surface area contributed by atoms with E-state index < -0.39 is 21.1 Å². The molecule has 8 heteroatoms. The van der Waals surface area contributed by atoms with E-state index in [4.69, 9.17) is 4.18 Å². The average molecular weight is 301 g/mol. The van der Waals surface area contributed by atoms with E-state index in [9.17, 15) is 23.3 Å². The molecule has 110 valence electrons. The van der Waals surface area contributed by atoms with Gasteiger partial charge in [-0.05, 0) is 25.5 Å². The van der Waals surface area contributed by atoms with Crippen molar-refractivity contribution in [3.8, 4) is 0 Å². The van der Waals surface area contributed by atoms with Crippen molar-refractivity contribution in [2.24, 2.45) is 0 Å². The van der Waals surface area contributed by atoms with Crippen LogP contribution in [0.4, 0.5) is 5.69 Å².